The highest BCUT2D eigenvalue weighted by atomic mass is 16.1. The van der Waals surface area contributed by atoms with Gasteiger partial charge in [0.25, 0.3) is 0 Å². The highest BCUT2D eigenvalue weighted by molar-refractivity contribution is 5.74. The van der Waals surface area contributed by atoms with Gasteiger partial charge >= 0.3 is 0 Å². The van der Waals surface area contributed by atoms with E-state index in [1.54, 1.807) is 6.92 Å². The molecule has 82 valence electrons. The summed E-state index contributed by atoms with van der Waals surface area (Å²) in [7, 11) is 0. The third kappa shape index (κ3) is 22.5. The van der Waals surface area contributed by atoms with Crippen LogP contribution in [0.2, 0.25) is 0 Å². The predicted octanol–water partition coefficient (Wildman–Crippen LogP) is 4.29. The van der Waals surface area contributed by atoms with Crippen LogP contribution in [0, 0.1) is 0 Å². The molecule has 0 spiro atoms. The zero-order chi connectivity index (χ0) is 11.6. The number of hydrogen-bond acceptors (Lipinski definition) is 1. The van der Waals surface area contributed by atoms with E-state index in [2.05, 4.69) is 33.4 Å². The third-order valence-electron chi connectivity index (χ3n) is 1.62. The number of Topliss-reactive ketones (excluding diaryl/α,β-unsaturated/α-hetero) is 1. The second-order valence-corrected chi connectivity index (χ2v) is 3.83. The Balaban J connectivity index is 0. The van der Waals surface area contributed by atoms with Gasteiger partial charge in [0.15, 0.2) is 0 Å². The molecule has 0 bridgehead atoms. The highest BCUT2D eigenvalue weighted by Gasteiger charge is 1.82. The van der Waals surface area contributed by atoms with E-state index in [-0.39, 0.29) is 5.78 Å². The SMILES string of the molecule is C=C(C)CCC=C(C)C.CCC(C)=O. The molecule has 0 amide bonds. The van der Waals surface area contributed by atoms with Crippen molar-refractivity contribution in [1.29, 1.82) is 0 Å². The van der Waals surface area contributed by atoms with Gasteiger partial charge < -0.3 is 4.79 Å². The van der Waals surface area contributed by atoms with Crippen LogP contribution in [0.1, 0.15) is 53.9 Å². The number of allylic oxidation sites excluding steroid dienone is 3. The average molecular weight is 196 g/mol. The minimum atomic E-state index is 0.255. The molecule has 0 saturated carbocycles. The van der Waals surface area contributed by atoms with Crippen molar-refractivity contribution < 1.29 is 4.79 Å². The molecule has 0 aliphatic carbocycles. The van der Waals surface area contributed by atoms with Crippen LogP contribution < -0.4 is 0 Å². The lowest BCUT2D eigenvalue weighted by Gasteiger charge is -1.93. The van der Waals surface area contributed by atoms with Crippen molar-refractivity contribution in [1.82, 2.24) is 0 Å². The smallest absolute Gasteiger partial charge is 0.129 e. The van der Waals surface area contributed by atoms with E-state index in [9.17, 15) is 4.79 Å². The number of carbonyl (C=O) groups is 1. The maximum Gasteiger partial charge on any atom is 0.129 e. The van der Waals surface area contributed by atoms with Crippen LogP contribution in [0.25, 0.3) is 0 Å². The number of carbonyl (C=O) groups excluding carboxylic acids is 1. The second-order valence-electron chi connectivity index (χ2n) is 3.83. The van der Waals surface area contributed by atoms with E-state index in [0.29, 0.717) is 6.42 Å². The van der Waals surface area contributed by atoms with Crippen molar-refractivity contribution >= 4 is 5.78 Å². The molecule has 1 nitrogen and oxygen atoms in total. The predicted molar refractivity (Wildman–Crippen MR) is 64.5 cm³/mol. The first kappa shape index (κ1) is 15.6. The summed E-state index contributed by atoms with van der Waals surface area (Å²) in [6.07, 6.45) is 5.19. The van der Waals surface area contributed by atoms with E-state index in [0.717, 1.165) is 12.8 Å². The van der Waals surface area contributed by atoms with E-state index in [4.69, 9.17) is 0 Å². The molecule has 0 saturated heterocycles. The van der Waals surface area contributed by atoms with Crippen molar-refractivity contribution in [2.75, 3.05) is 0 Å². The Bertz CT molecular complexity index is 195. The molecule has 0 rings (SSSR count). The quantitative estimate of drug-likeness (QED) is 0.613. The maximum atomic E-state index is 9.81. The van der Waals surface area contributed by atoms with Gasteiger partial charge in [0.2, 0.25) is 0 Å². The van der Waals surface area contributed by atoms with Crippen molar-refractivity contribution in [2.24, 2.45) is 0 Å². The molecule has 0 aliphatic rings. The van der Waals surface area contributed by atoms with Crippen molar-refractivity contribution in [3.63, 3.8) is 0 Å². The molecule has 14 heavy (non-hydrogen) atoms. The molecule has 0 fully saturated rings. The summed E-state index contributed by atoms with van der Waals surface area (Å²) in [4.78, 5) is 9.81. The molecule has 0 aromatic carbocycles. The monoisotopic (exact) mass is 196 g/mol. The lowest BCUT2D eigenvalue weighted by atomic mass is 10.1. The van der Waals surface area contributed by atoms with Gasteiger partial charge in [-0.05, 0) is 40.5 Å². The van der Waals surface area contributed by atoms with Gasteiger partial charge in [-0.15, -0.1) is 6.58 Å². The number of hydrogen-bond donors (Lipinski definition) is 0. The van der Waals surface area contributed by atoms with E-state index in [1.807, 2.05) is 6.92 Å². The standard InChI is InChI=1S/C9H16.C4H8O/c1-8(2)6-5-7-9(3)4;1-3-4(2)5/h7H,1,5-6H2,2-4H3;3H2,1-2H3. The van der Waals surface area contributed by atoms with Crippen LogP contribution in [0.4, 0.5) is 0 Å². The molecule has 0 aromatic heterocycles. The van der Waals surface area contributed by atoms with Crippen LogP contribution in [0.5, 0.6) is 0 Å². The van der Waals surface area contributed by atoms with Gasteiger partial charge in [-0.2, -0.15) is 0 Å². The van der Waals surface area contributed by atoms with Gasteiger partial charge in [0.05, 0.1) is 0 Å². The fourth-order valence-electron chi connectivity index (χ4n) is 0.607. The van der Waals surface area contributed by atoms with Crippen LogP contribution in [0.15, 0.2) is 23.8 Å². The van der Waals surface area contributed by atoms with Crippen LogP contribution in [-0.2, 0) is 4.79 Å². The molecule has 0 aromatic rings. The lowest BCUT2D eigenvalue weighted by molar-refractivity contribution is -0.116. The first-order valence-corrected chi connectivity index (χ1v) is 5.17. The zero-order valence-electron chi connectivity index (χ0n) is 10.3. The summed E-state index contributed by atoms with van der Waals surface area (Å²) >= 11 is 0. The van der Waals surface area contributed by atoms with Gasteiger partial charge in [-0.25, -0.2) is 0 Å². The molecule has 0 radical (unpaired) electrons. The molecular formula is C13H24O. The molecule has 1 heteroatoms. The minimum Gasteiger partial charge on any atom is -0.300 e. The molecule has 0 aliphatic heterocycles. The Morgan fingerprint density at radius 3 is 1.86 bits per heavy atom. The number of rotatable bonds is 4. The summed E-state index contributed by atoms with van der Waals surface area (Å²) in [5.41, 5.74) is 2.67. The Morgan fingerprint density at radius 2 is 1.64 bits per heavy atom. The summed E-state index contributed by atoms with van der Waals surface area (Å²) in [5, 5.41) is 0. The first-order chi connectivity index (χ1) is 6.40. The number of ketones is 1. The molecule has 0 atom stereocenters. The maximum absolute atomic E-state index is 9.81. The van der Waals surface area contributed by atoms with Crippen LogP contribution in [-0.4, -0.2) is 5.78 Å². The third-order valence-corrected chi connectivity index (χ3v) is 1.62. The molecule has 0 N–H and O–H groups in total. The summed E-state index contributed by atoms with van der Waals surface area (Å²) in [6, 6.07) is 0. The van der Waals surface area contributed by atoms with Crippen LogP contribution in [0.3, 0.4) is 0 Å². The van der Waals surface area contributed by atoms with Crippen LogP contribution >= 0.6 is 0 Å². The second kappa shape index (κ2) is 10.2. The fraction of sp³-hybridized carbons (Fsp3) is 0.615. The Hall–Kier alpha value is -0.850. The molecule has 0 heterocycles. The largest absolute Gasteiger partial charge is 0.300 e. The Labute approximate surface area is 88.9 Å². The fourth-order valence-corrected chi connectivity index (χ4v) is 0.607. The lowest BCUT2D eigenvalue weighted by Crippen LogP contribution is -1.80. The van der Waals surface area contributed by atoms with Gasteiger partial charge in [-0.1, -0.05) is 24.1 Å². The van der Waals surface area contributed by atoms with Crippen molar-refractivity contribution in [2.45, 2.75) is 53.9 Å². The normalized spacial score (nSPS) is 8.36. The Morgan fingerprint density at radius 1 is 1.21 bits per heavy atom. The Kier molecular flexibility index (Phi) is 11.4. The summed E-state index contributed by atoms with van der Waals surface area (Å²) in [5.74, 6) is 0.255. The van der Waals surface area contributed by atoms with E-state index < -0.39 is 0 Å². The van der Waals surface area contributed by atoms with Gasteiger partial charge in [0.1, 0.15) is 5.78 Å². The van der Waals surface area contributed by atoms with Gasteiger partial charge in [-0.3, -0.25) is 0 Å². The summed E-state index contributed by atoms with van der Waals surface area (Å²) in [6.45, 7) is 13.6. The average Bonchev–Trinajstić information content (AvgIpc) is 2.04. The van der Waals surface area contributed by atoms with E-state index in [1.165, 1.54) is 11.1 Å². The van der Waals surface area contributed by atoms with Gasteiger partial charge in [0, 0.05) is 6.42 Å². The zero-order valence-corrected chi connectivity index (χ0v) is 10.3. The summed E-state index contributed by atoms with van der Waals surface area (Å²) < 4.78 is 0. The topological polar surface area (TPSA) is 17.1 Å². The minimum absolute atomic E-state index is 0.255. The molecular weight excluding hydrogens is 172 g/mol. The van der Waals surface area contributed by atoms with E-state index >= 15 is 0 Å². The van der Waals surface area contributed by atoms with Crippen molar-refractivity contribution in [3.05, 3.63) is 23.8 Å². The van der Waals surface area contributed by atoms with Crippen molar-refractivity contribution in [3.8, 4) is 0 Å². The first-order valence-electron chi connectivity index (χ1n) is 5.17. The highest BCUT2D eigenvalue weighted by Crippen LogP contribution is 2.02. The molecule has 0 unspecified atom stereocenters.